The van der Waals surface area contributed by atoms with Gasteiger partial charge in [-0.05, 0) is 35.0 Å². The summed E-state index contributed by atoms with van der Waals surface area (Å²) in [7, 11) is 0. The zero-order valence-electron chi connectivity index (χ0n) is 10.8. The van der Waals surface area contributed by atoms with Crippen molar-refractivity contribution in [2.75, 3.05) is 0 Å². The van der Waals surface area contributed by atoms with E-state index >= 15 is 0 Å². The van der Waals surface area contributed by atoms with Crippen LogP contribution in [0.3, 0.4) is 0 Å². The highest BCUT2D eigenvalue weighted by Crippen LogP contribution is 2.33. The van der Waals surface area contributed by atoms with Crippen molar-refractivity contribution >= 4 is 32.4 Å². The molecular weight excluding hydrogens is 334 g/mol. The molecule has 0 aromatic heterocycles. The van der Waals surface area contributed by atoms with Crippen LogP contribution in [0.2, 0.25) is 0 Å². The zero-order chi connectivity index (χ0) is 14.8. The average molecular weight is 344 g/mol. The van der Waals surface area contributed by atoms with Crippen molar-refractivity contribution in [3.63, 3.8) is 0 Å². The first-order valence-corrected chi connectivity index (χ1v) is 7.04. The Hall–Kier alpha value is -2.40. The van der Waals surface area contributed by atoms with E-state index in [1.165, 1.54) is 6.07 Å². The Kier molecular flexibility index (Phi) is 3.58. The molecule has 0 radical (unpaired) electrons. The maximum atomic E-state index is 11.0. The Labute approximate surface area is 129 Å². The van der Waals surface area contributed by atoms with Gasteiger partial charge in [0, 0.05) is 10.5 Å². The van der Waals surface area contributed by atoms with Gasteiger partial charge in [0.1, 0.15) is 5.75 Å². The molecule has 0 unspecified atom stereocenters. The molecule has 3 aromatic rings. The summed E-state index contributed by atoms with van der Waals surface area (Å²) in [4.78, 5) is 10.5. The van der Waals surface area contributed by atoms with Crippen LogP contribution in [0, 0.1) is 10.1 Å². The Morgan fingerprint density at radius 3 is 2.62 bits per heavy atom. The molecule has 0 N–H and O–H groups in total. The Morgan fingerprint density at radius 1 is 1.00 bits per heavy atom. The van der Waals surface area contributed by atoms with Crippen LogP contribution in [0.25, 0.3) is 10.8 Å². The number of benzene rings is 3. The lowest BCUT2D eigenvalue weighted by Crippen LogP contribution is -1.93. The lowest BCUT2D eigenvalue weighted by atomic mass is 10.1. The molecule has 0 spiro atoms. The number of hydrogen-bond acceptors (Lipinski definition) is 3. The molecule has 0 saturated heterocycles. The Balaban J connectivity index is 2.03. The number of nitro benzene ring substituents is 1. The fourth-order valence-corrected chi connectivity index (χ4v) is 2.59. The summed E-state index contributed by atoms with van der Waals surface area (Å²) >= 11 is 3.49. The first-order chi connectivity index (χ1) is 10.1. The molecule has 21 heavy (non-hydrogen) atoms. The highest BCUT2D eigenvalue weighted by Gasteiger charge is 2.14. The van der Waals surface area contributed by atoms with E-state index in [0.717, 1.165) is 15.2 Å². The molecule has 0 aliphatic rings. The van der Waals surface area contributed by atoms with E-state index in [1.807, 2.05) is 30.3 Å². The number of fused-ring (bicyclic) bond motifs is 1. The average Bonchev–Trinajstić information content (AvgIpc) is 2.48. The molecule has 0 bridgehead atoms. The number of nitrogens with zero attached hydrogens (tertiary/aromatic N) is 1. The standard InChI is InChI=1S/C16H10BrNO3/c17-14-5-3-4-11-8-9-12(10-13(11)14)21-16-7-2-1-6-15(16)18(19)20/h1-10H. The summed E-state index contributed by atoms with van der Waals surface area (Å²) in [6.07, 6.45) is 0. The van der Waals surface area contributed by atoms with Gasteiger partial charge in [0.05, 0.1) is 4.92 Å². The van der Waals surface area contributed by atoms with Crippen molar-refractivity contribution in [3.05, 3.63) is 75.3 Å². The normalized spacial score (nSPS) is 10.5. The van der Waals surface area contributed by atoms with Crippen molar-refractivity contribution in [1.82, 2.24) is 0 Å². The fraction of sp³-hybridized carbons (Fsp3) is 0. The van der Waals surface area contributed by atoms with Crippen molar-refractivity contribution in [2.45, 2.75) is 0 Å². The van der Waals surface area contributed by atoms with Gasteiger partial charge < -0.3 is 4.74 Å². The topological polar surface area (TPSA) is 52.4 Å². The minimum atomic E-state index is -0.452. The second kappa shape index (κ2) is 5.54. The first-order valence-electron chi connectivity index (χ1n) is 6.25. The molecule has 0 amide bonds. The Bertz CT molecular complexity index is 833. The third kappa shape index (κ3) is 2.73. The van der Waals surface area contributed by atoms with E-state index in [2.05, 4.69) is 15.9 Å². The van der Waals surface area contributed by atoms with Gasteiger partial charge in [0.15, 0.2) is 0 Å². The summed E-state index contributed by atoms with van der Waals surface area (Å²) in [5, 5.41) is 13.1. The largest absolute Gasteiger partial charge is 0.450 e. The third-order valence-electron chi connectivity index (χ3n) is 3.09. The summed E-state index contributed by atoms with van der Waals surface area (Å²) in [6, 6.07) is 17.8. The lowest BCUT2D eigenvalue weighted by molar-refractivity contribution is -0.385. The second-order valence-electron chi connectivity index (χ2n) is 4.45. The maximum absolute atomic E-state index is 11.0. The molecule has 0 fully saturated rings. The summed E-state index contributed by atoms with van der Waals surface area (Å²) in [6.45, 7) is 0. The molecular formula is C16H10BrNO3. The van der Waals surface area contributed by atoms with Crippen molar-refractivity contribution in [1.29, 1.82) is 0 Å². The number of para-hydroxylation sites is 2. The molecule has 0 aliphatic carbocycles. The van der Waals surface area contributed by atoms with E-state index < -0.39 is 4.92 Å². The molecule has 104 valence electrons. The number of rotatable bonds is 3. The third-order valence-corrected chi connectivity index (χ3v) is 3.78. The smallest absolute Gasteiger partial charge is 0.311 e. The quantitative estimate of drug-likeness (QED) is 0.478. The SMILES string of the molecule is O=[N+]([O-])c1ccccc1Oc1ccc2cccc(Br)c2c1. The summed E-state index contributed by atoms with van der Waals surface area (Å²) in [5.74, 6) is 0.789. The minimum absolute atomic E-state index is 0.0512. The molecule has 0 heterocycles. The molecule has 0 aliphatic heterocycles. The van der Waals surface area contributed by atoms with Crippen LogP contribution in [0.5, 0.6) is 11.5 Å². The van der Waals surface area contributed by atoms with Gasteiger partial charge in [-0.2, -0.15) is 0 Å². The highest BCUT2D eigenvalue weighted by atomic mass is 79.9. The van der Waals surface area contributed by atoms with Crippen LogP contribution >= 0.6 is 15.9 Å². The van der Waals surface area contributed by atoms with Gasteiger partial charge in [0.2, 0.25) is 5.75 Å². The predicted molar refractivity (Wildman–Crippen MR) is 84.8 cm³/mol. The lowest BCUT2D eigenvalue weighted by Gasteiger charge is -2.08. The van der Waals surface area contributed by atoms with Crippen molar-refractivity contribution < 1.29 is 9.66 Å². The van der Waals surface area contributed by atoms with E-state index in [4.69, 9.17) is 4.74 Å². The summed E-state index contributed by atoms with van der Waals surface area (Å²) in [5.41, 5.74) is -0.0512. The zero-order valence-corrected chi connectivity index (χ0v) is 12.4. The van der Waals surface area contributed by atoms with E-state index in [-0.39, 0.29) is 11.4 Å². The number of nitro groups is 1. The van der Waals surface area contributed by atoms with Gasteiger partial charge in [-0.3, -0.25) is 10.1 Å². The molecule has 4 nitrogen and oxygen atoms in total. The molecule has 3 aromatic carbocycles. The summed E-state index contributed by atoms with van der Waals surface area (Å²) < 4.78 is 6.62. The van der Waals surface area contributed by atoms with Gasteiger partial charge in [0.25, 0.3) is 0 Å². The minimum Gasteiger partial charge on any atom is -0.450 e. The van der Waals surface area contributed by atoms with Crippen LogP contribution in [-0.4, -0.2) is 4.92 Å². The van der Waals surface area contributed by atoms with Gasteiger partial charge in [-0.1, -0.05) is 46.3 Å². The predicted octanol–water partition coefficient (Wildman–Crippen LogP) is 5.30. The van der Waals surface area contributed by atoms with Crippen LogP contribution in [-0.2, 0) is 0 Å². The molecule has 0 atom stereocenters. The second-order valence-corrected chi connectivity index (χ2v) is 5.30. The monoisotopic (exact) mass is 343 g/mol. The van der Waals surface area contributed by atoms with E-state index in [9.17, 15) is 10.1 Å². The first kappa shape index (κ1) is 13.6. The van der Waals surface area contributed by atoms with Gasteiger partial charge in [-0.15, -0.1) is 0 Å². The number of ether oxygens (including phenoxy) is 1. The van der Waals surface area contributed by atoms with Crippen molar-refractivity contribution in [2.24, 2.45) is 0 Å². The van der Waals surface area contributed by atoms with Gasteiger partial charge in [-0.25, -0.2) is 0 Å². The van der Waals surface area contributed by atoms with Crippen LogP contribution in [0.4, 0.5) is 5.69 Å². The van der Waals surface area contributed by atoms with Crippen LogP contribution < -0.4 is 4.74 Å². The number of halogens is 1. The maximum Gasteiger partial charge on any atom is 0.311 e. The highest BCUT2D eigenvalue weighted by molar-refractivity contribution is 9.10. The Morgan fingerprint density at radius 2 is 1.81 bits per heavy atom. The van der Waals surface area contributed by atoms with Crippen molar-refractivity contribution in [3.8, 4) is 11.5 Å². The van der Waals surface area contributed by atoms with Crippen LogP contribution in [0.15, 0.2) is 65.1 Å². The molecule has 5 heteroatoms. The van der Waals surface area contributed by atoms with E-state index in [0.29, 0.717) is 5.75 Å². The fourth-order valence-electron chi connectivity index (χ4n) is 2.10. The molecule has 3 rings (SSSR count). The van der Waals surface area contributed by atoms with Gasteiger partial charge >= 0.3 is 5.69 Å². The number of hydrogen-bond donors (Lipinski definition) is 0. The van der Waals surface area contributed by atoms with Crippen LogP contribution in [0.1, 0.15) is 0 Å². The molecule has 0 saturated carbocycles. The van der Waals surface area contributed by atoms with E-state index in [1.54, 1.807) is 24.3 Å².